The normalized spacial score (nSPS) is 13.3. The lowest BCUT2D eigenvalue weighted by Gasteiger charge is -2.24. The first kappa shape index (κ1) is 11.7. The number of hydrogen-bond donors (Lipinski definition) is 0. The van der Waals surface area contributed by atoms with Crippen molar-refractivity contribution in [2.45, 2.75) is 32.5 Å². The van der Waals surface area contributed by atoms with E-state index >= 15 is 0 Å². The fourth-order valence-corrected chi connectivity index (χ4v) is 4.95. The first-order valence-corrected chi connectivity index (χ1v) is 10.0. The second-order valence-electron chi connectivity index (χ2n) is 5.90. The molecule has 1 aliphatic carbocycles. The molecule has 2 aromatic carbocycles. The molecule has 0 spiro atoms. The average molecular weight is 252 g/mol. The van der Waals surface area contributed by atoms with Gasteiger partial charge in [0.15, 0.2) is 0 Å². The van der Waals surface area contributed by atoms with E-state index in [1.807, 2.05) is 0 Å². The second kappa shape index (κ2) is 4.10. The lowest BCUT2D eigenvalue weighted by molar-refractivity contribution is 1.26. The Morgan fingerprint density at radius 1 is 0.944 bits per heavy atom. The highest BCUT2D eigenvalue weighted by Gasteiger charge is 2.28. The summed E-state index contributed by atoms with van der Waals surface area (Å²) in [5, 5.41) is 1.67. The minimum Gasteiger partial charge on any atom is -0.0675 e. The summed E-state index contributed by atoms with van der Waals surface area (Å²) in [5.74, 6) is 0. The van der Waals surface area contributed by atoms with Crippen molar-refractivity contribution in [1.82, 2.24) is 0 Å². The highest BCUT2D eigenvalue weighted by Crippen LogP contribution is 2.36. The van der Waals surface area contributed by atoms with Crippen LogP contribution in [0.4, 0.5) is 0 Å². The van der Waals surface area contributed by atoms with Crippen LogP contribution in [0.25, 0.3) is 11.1 Å². The van der Waals surface area contributed by atoms with Crippen LogP contribution in [0.3, 0.4) is 0 Å². The second-order valence-corrected chi connectivity index (χ2v) is 10.9. The van der Waals surface area contributed by atoms with Crippen LogP contribution >= 0.6 is 0 Å². The van der Waals surface area contributed by atoms with Gasteiger partial charge in [0.1, 0.15) is 0 Å². The number of rotatable bonds is 2. The lowest BCUT2D eigenvalue weighted by atomic mass is 10.1. The standard InChI is InChI=1S/C17H20Si/c1-4-18(2,3)17-11-7-10-15-14-9-6-5-8-13(14)12-16(15)17/h5-11H,4,12H2,1-3H3. The third-order valence-corrected chi connectivity index (χ3v) is 8.16. The fourth-order valence-electron chi connectivity index (χ4n) is 2.98. The molecule has 0 fully saturated rings. The fraction of sp³-hybridized carbons (Fsp3) is 0.294. The molecule has 0 aliphatic heterocycles. The summed E-state index contributed by atoms with van der Waals surface area (Å²) in [7, 11) is -1.25. The van der Waals surface area contributed by atoms with Gasteiger partial charge in [-0.15, -0.1) is 0 Å². The van der Waals surface area contributed by atoms with Crippen molar-refractivity contribution in [3.8, 4) is 11.1 Å². The van der Waals surface area contributed by atoms with Gasteiger partial charge in [0, 0.05) is 0 Å². The van der Waals surface area contributed by atoms with Gasteiger partial charge in [-0.2, -0.15) is 0 Å². The van der Waals surface area contributed by atoms with Gasteiger partial charge in [-0.1, -0.05) is 73.7 Å². The molecule has 0 bridgehead atoms. The zero-order valence-electron chi connectivity index (χ0n) is 11.5. The molecular formula is C17H20Si. The smallest absolute Gasteiger partial charge is 0.0675 e. The summed E-state index contributed by atoms with van der Waals surface area (Å²) in [5.41, 5.74) is 6.05. The summed E-state index contributed by atoms with van der Waals surface area (Å²) < 4.78 is 0. The van der Waals surface area contributed by atoms with E-state index < -0.39 is 8.07 Å². The van der Waals surface area contributed by atoms with Crippen molar-refractivity contribution in [1.29, 1.82) is 0 Å². The quantitative estimate of drug-likeness (QED) is 0.600. The third kappa shape index (κ3) is 1.65. The Hall–Kier alpha value is -1.34. The first-order valence-electron chi connectivity index (χ1n) is 6.84. The van der Waals surface area contributed by atoms with Gasteiger partial charge >= 0.3 is 0 Å². The Kier molecular flexibility index (Phi) is 2.67. The van der Waals surface area contributed by atoms with Crippen molar-refractivity contribution in [3.63, 3.8) is 0 Å². The van der Waals surface area contributed by atoms with E-state index in [4.69, 9.17) is 0 Å². The summed E-state index contributed by atoms with van der Waals surface area (Å²) in [6, 6.07) is 17.1. The maximum Gasteiger partial charge on any atom is 0.0807 e. The Morgan fingerprint density at radius 3 is 2.44 bits per heavy atom. The van der Waals surface area contributed by atoms with Crippen molar-refractivity contribution in [3.05, 3.63) is 53.6 Å². The summed E-state index contributed by atoms with van der Waals surface area (Å²) in [4.78, 5) is 0. The Labute approximate surface area is 111 Å². The van der Waals surface area contributed by atoms with Crippen molar-refractivity contribution < 1.29 is 0 Å². The summed E-state index contributed by atoms with van der Waals surface area (Å²) in [6.07, 6.45) is 1.14. The van der Waals surface area contributed by atoms with Crippen molar-refractivity contribution >= 4 is 13.3 Å². The van der Waals surface area contributed by atoms with Crippen LogP contribution in [0.2, 0.25) is 19.1 Å². The largest absolute Gasteiger partial charge is 0.0807 e. The van der Waals surface area contributed by atoms with E-state index in [1.54, 1.807) is 10.8 Å². The van der Waals surface area contributed by atoms with Crippen molar-refractivity contribution in [2.75, 3.05) is 0 Å². The average Bonchev–Trinajstić information content (AvgIpc) is 2.77. The lowest BCUT2D eigenvalue weighted by Crippen LogP contribution is -2.42. The van der Waals surface area contributed by atoms with E-state index in [-0.39, 0.29) is 0 Å². The minimum atomic E-state index is -1.25. The molecule has 0 N–H and O–H groups in total. The molecule has 18 heavy (non-hydrogen) atoms. The molecule has 0 atom stereocenters. The molecular weight excluding hydrogens is 232 g/mol. The van der Waals surface area contributed by atoms with Gasteiger partial charge < -0.3 is 0 Å². The zero-order valence-corrected chi connectivity index (χ0v) is 12.5. The van der Waals surface area contributed by atoms with Crippen LogP contribution in [0, 0.1) is 0 Å². The van der Waals surface area contributed by atoms with E-state index in [2.05, 4.69) is 62.5 Å². The monoisotopic (exact) mass is 252 g/mol. The SMILES string of the molecule is CC[Si](C)(C)c1cccc2c1Cc1ccccc1-2. The first-order chi connectivity index (χ1) is 8.63. The molecule has 0 saturated heterocycles. The van der Waals surface area contributed by atoms with Gasteiger partial charge in [0.25, 0.3) is 0 Å². The minimum absolute atomic E-state index is 1.14. The highest BCUT2D eigenvalue weighted by molar-refractivity contribution is 6.90. The van der Waals surface area contributed by atoms with E-state index in [1.165, 1.54) is 22.7 Å². The molecule has 92 valence electrons. The molecule has 0 saturated carbocycles. The van der Waals surface area contributed by atoms with Gasteiger partial charge in [-0.05, 0) is 28.7 Å². The van der Waals surface area contributed by atoms with Crippen LogP contribution in [0.5, 0.6) is 0 Å². The maximum atomic E-state index is 2.49. The van der Waals surface area contributed by atoms with E-state index in [0.29, 0.717) is 0 Å². The molecule has 2 aromatic rings. The number of hydrogen-bond acceptors (Lipinski definition) is 0. The van der Waals surface area contributed by atoms with Crippen LogP contribution < -0.4 is 5.19 Å². The van der Waals surface area contributed by atoms with Crippen molar-refractivity contribution in [2.24, 2.45) is 0 Å². The van der Waals surface area contributed by atoms with E-state index in [0.717, 1.165) is 6.42 Å². The number of fused-ring (bicyclic) bond motifs is 3. The zero-order chi connectivity index (χ0) is 12.8. The van der Waals surface area contributed by atoms with Gasteiger partial charge in [0.2, 0.25) is 0 Å². The Balaban J connectivity index is 2.20. The molecule has 0 unspecified atom stereocenters. The summed E-state index contributed by atoms with van der Waals surface area (Å²) in [6.45, 7) is 7.32. The molecule has 0 radical (unpaired) electrons. The Morgan fingerprint density at radius 2 is 1.67 bits per heavy atom. The van der Waals surface area contributed by atoms with Crippen LogP contribution in [0.1, 0.15) is 18.1 Å². The molecule has 0 amide bonds. The van der Waals surface area contributed by atoms with E-state index in [9.17, 15) is 0 Å². The molecule has 1 aliphatic rings. The molecule has 1 heteroatoms. The van der Waals surface area contributed by atoms with Gasteiger partial charge in [-0.3, -0.25) is 0 Å². The third-order valence-electron chi connectivity index (χ3n) is 4.46. The Bertz CT molecular complexity index is 596. The highest BCUT2D eigenvalue weighted by atomic mass is 28.3. The molecule has 0 aromatic heterocycles. The van der Waals surface area contributed by atoms with Crippen LogP contribution in [0.15, 0.2) is 42.5 Å². The topological polar surface area (TPSA) is 0 Å². The number of benzene rings is 2. The summed E-state index contributed by atoms with van der Waals surface area (Å²) >= 11 is 0. The maximum absolute atomic E-state index is 2.49. The molecule has 0 heterocycles. The van der Waals surface area contributed by atoms with Crippen LogP contribution in [-0.4, -0.2) is 8.07 Å². The van der Waals surface area contributed by atoms with Gasteiger partial charge in [0.05, 0.1) is 8.07 Å². The molecule has 3 rings (SSSR count). The predicted molar refractivity (Wildman–Crippen MR) is 82.3 cm³/mol. The van der Waals surface area contributed by atoms with Gasteiger partial charge in [-0.25, -0.2) is 0 Å². The van der Waals surface area contributed by atoms with Crippen LogP contribution in [-0.2, 0) is 6.42 Å². The molecule has 0 nitrogen and oxygen atoms in total. The predicted octanol–water partition coefficient (Wildman–Crippen LogP) is 4.19.